The van der Waals surface area contributed by atoms with Crippen LogP contribution in [0.1, 0.15) is 48.9 Å². The van der Waals surface area contributed by atoms with Gasteiger partial charge in [-0.2, -0.15) is 0 Å². The Balaban J connectivity index is 1.42. The van der Waals surface area contributed by atoms with Crippen LogP contribution in [0.3, 0.4) is 0 Å². The Kier molecular flexibility index (Phi) is 5.53. The number of anilines is 1. The van der Waals surface area contributed by atoms with Crippen LogP contribution in [-0.2, 0) is 4.79 Å². The predicted molar refractivity (Wildman–Crippen MR) is 105 cm³/mol. The molecule has 27 heavy (non-hydrogen) atoms. The molecule has 3 heterocycles. The van der Waals surface area contributed by atoms with E-state index in [9.17, 15) is 9.59 Å². The standard InChI is InChI=1S/C20H27ClN4O2/c21-17-13-16(20(27)24-7-2-1-3-8-24)14-22-18(17)23-9-4-10-25(12-11-23)19(26)15-5-6-15/h13-15H,1-12H2. The van der Waals surface area contributed by atoms with Crippen molar-refractivity contribution in [2.75, 3.05) is 44.2 Å². The van der Waals surface area contributed by atoms with Gasteiger partial charge in [-0.05, 0) is 44.6 Å². The second-order valence-electron chi connectivity index (χ2n) is 7.82. The number of hydrogen-bond acceptors (Lipinski definition) is 4. The summed E-state index contributed by atoms with van der Waals surface area (Å²) in [6.45, 7) is 4.69. The summed E-state index contributed by atoms with van der Waals surface area (Å²) in [7, 11) is 0. The second-order valence-corrected chi connectivity index (χ2v) is 8.23. The van der Waals surface area contributed by atoms with Crippen LogP contribution in [0.5, 0.6) is 0 Å². The van der Waals surface area contributed by atoms with Crippen molar-refractivity contribution >= 4 is 29.2 Å². The van der Waals surface area contributed by atoms with Gasteiger partial charge in [-0.3, -0.25) is 9.59 Å². The molecule has 0 unspecified atom stereocenters. The third-order valence-corrected chi connectivity index (χ3v) is 6.02. The van der Waals surface area contributed by atoms with Gasteiger partial charge in [0.15, 0.2) is 0 Å². The number of carbonyl (C=O) groups is 2. The zero-order valence-electron chi connectivity index (χ0n) is 15.7. The first-order valence-electron chi connectivity index (χ1n) is 10.1. The van der Waals surface area contributed by atoms with Gasteiger partial charge in [0, 0.05) is 51.4 Å². The Bertz CT molecular complexity index is 716. The number of pyridine rings is 1. The first-order chi connectivity index (χ1) is 13.1. The number of likely N-dealkylation sites (tertiary alicyclic amines) is 1. The summed E-state index contributed by atoms with van der Waals surface area (Å²) in [5, 5.41) is 0.514. The van der Waals surface area contributed by atoms with E-state index in [1.165, 1.54) is 6.42 Å². The minimum absolute atomic E-state index is 0.0210. The molecule has 1 aromatic rings. The van der Waals surface area contributed by atoms with E-state index in [1.54, 1.807) is 12.3 Å². The van der Waals surface area contributed by atoms with Crippen molar-refractivity contribution in [1.29, 1.82) is 0 Å². The molecule has 3 aliphatic rings. The lowest BCUT2D eigenvalue weighted by Gasteiger charge is -2.27. The molecule has 0 aromatic carbocycles. The maximum absolute atomic E-state index is 12.7. The first kappa shape index (κ1) is 18.5. The molecule has 0 bridgehead atoms. The van der Waals surface area contributed by atoms with E-state index in [0.29, 0.717) is 28.9 Å². The molecular formula is C20H27ClN4O2. The molecule has 0 spiro atoms. The van der Waals surface area contributed by atoms with Crippen LogP contribution >= 0.6 is 11.6 Å². The lowest BCUT2D eigenvalue weighted by atomic mass is 10.1. The smallest absolute Gasteiger partial charge is 0.255 e. The fourth-order valence-corrected chi connectivity index (χ4v) is 4.28. The minimum atomic E-state index is 0.0210. The molecule has 0 atom stereocenters. The molecule has 2 amide bonds. The van der Waals surface area contributed by atoms with Gasteiger partial charge >= 0.3 is 0 Å². The van der Waals surface area contributed by atoms with E-state index < -0.39 is 0 Å². The highest BCUT2D eigenvalue weighted by Crippen LogP contribution is 2.32. The normalized spacial score (nSPS) is 21.1. The number of amides is 2. The fraction of sp³-hybridized carbons (Fsp3) is 0.650. The molecule has 1 saturated carbocycles. The highest BCUT2D eigenvalue weighted by Gasteiger charge is 2.34. The molecule has 2 aliphatic heterocycles. The third-order valence-electron chi connectivity index (χ3n) is 5.75. The lowest BCUT2D eigenvalue weighted by molar-refractivity contribution is -0.132. The number of halogens is 1. The van der Waals surface area contributed by atoms with Crippen LogP contribution in [0.4, 0.5) is 5.82 Å². The van der Waals surface area contributed by atoms with Crippen LogP contribution in [-0.4, -0.2) is 65.9 Å². The first-order valence-corrected chi connectivity index (χ1v) is 10.5. The van der Waals surface area contributed by atoms with Crippen molar-refractivity contribution in [3.63, 3.8) is 0 Å². The summed E-state index contributed by atoms with van der Waals surface area (Å²) >= 11 is 6.50. The molecule has 3 fully saturated rings. The summed E-state index contributed by atoms with van der Waals surface area (Å²) in [5.41, 5.74) is 0.561. The Morgan fingerprint density at radius 2 is 1.67 bits per heavy atom. The Labute approximate surface area is 165 Å². The maximum atomic E-state index is 12.7. The van der Waals surface area contributed by atoms with Gasteiger partial charge in [0.2, 0.25) is 5.91 Å². The van der Waals surface area contributed by atoms with E-state index in [1.807, 2.05) is 9.80 Å². The van der Waals surface area contributed by atoms with E-state index in [2.05, 4.69) is 9.88 Å². The number of hydrogen-bond donors (Lipinski definition) is 0. The van der Waals surface area contributed by atoms with Gasteiger partial charge in [-0.1, -0.05) is 11.6 Å². The molecule has 6 nitrogen and oxygen atoms in total. The van der Waals surface area contributed by atoms with Gasteiger partial charge in [-0.15, -0.1) is 0 Å². The number of rotatable bonds is 3. The molecule has 2 saturated heterocycles. The second kappa shape index (κ2) is 8.05. The van der Waals surface area contributed by atoms with E-state index in [4.69, 9.17) is 11.6 Å². The van der Waals surface area contributed by atoms with Gasteiger partial charge in [0.25, 0.3) is 5.91 Å². The molecule has 0 radical (unpaired) electrons. The molecule has 1 aromatic heterocycles. The van der Waals surface area contributed by atoms with Crippen molar-refractivity contribution in [2.24, 2.45) is 5.92 Å². The average molecular weight is 391 g/mol. The summed E-state index contributed by atoms with van der Waals surface area (Å²) in [5.74, 6) is 1.30. The molecule has 146 valence electrons. The Morgan fingerprint density at radius 1 is 0.926 bits per heavy atom. The van der Waals surface area contributed by atoms with Crippen molar-refractivity contribution in [2.45, 2.75) is 38.5 Å². The van der Waals surface area contributed by atoms with Gasteiger partial charge in [0.1, 0.15) is 5.82 Å². The summed E-state index contributed by atoms with van der Waals surface area (Å²) < 4.78 is 0. The molecule has 0 N–H and O–H groups in total. The van der Waals surface area contributed by atoms with Crippen LogP contribution < -0.4 is 4.90 Å². The fourth-order valence-electron chi connectivity index (χ4n) is 4.00. The number of nitrogens with zero attached hydrogens (tertiary/aromatic N) is 4. The predicted octanol–water partition coefficient (Wildman–Crippen LogP) is 2.81. The van der Waals surface area contributed by atoms with Crippen molar-refractivity contribution in [3.8, 4) is 0 Å². The van der Waals surface area contributed by atoms with E-state index in [0.717, 1.165) is 64.8 Å². The molecular weight excluding hydrogens is 364 g/mol. The zero-order valence-corrected chi connectivity index (χ0v) is 16.5. The Morgan fingerprint density at radius 3 is 2.37 bits per heavy atom. The zero-order chi connectivity index (χ0) is 18.8. The molecule has 4 rings (SSSR count). The van der Waals surface area contributed by atoms with Crippen LogP contribution in [0, 0.1) is 5.92 Å². The molecule has 1 aliphatic carbocycles. The lowest BCUT2D eigenvalue weighted by Crippen LogP contribution is -2.36. The highest BCUT2D eigenvalue weighted by molar-refractivity contribution is 6.33. The average Bonchev–Trinajstić information content (AvgIpc) is 3.54. The van der Waals surface area contributed by atoms with Crippen LogP contribution in [0.15, 0.2) is 12.3 Å². The number of carbonyl (C=O) groups excluding carboxylic acids is 2. The number of aromatic nitrogens is 1. The summed E-state index contributed by atoms with van der Waals surface area (Å²) in [6, 6.07) is 1.75. The largest absolute Gasteiger partial charge is 0.354 e. The third kappa shape index (κ3) is 4.21. The van der Waals surface area contributed by atoms with Crippen LogP contribution in [0.25, 0.3) is 0 Å². The monoisotopic (exact) mass is 390 g/mol. The van der Waals surface area contributed by atoms with Crippen molar-refractivity contribution in [3.05, 3.63) is 22.8 Å². The summed E-state index contributed by atoms with van der Waals surface area (Å²) in [6.07, 6.45) is 7.96. The topological polar surface area (TPSA) is 56.8 Å². The maximum Gasteiger partial charge on any atom is 0.255 e. The summed E-state index contributed by atoms with van der Waals surface area (Å²) in [4.78, 5) is 35.5. The van der Waals surface area contributed by atoms with Crippen molar-refractivity contribution in [1.82, 2.24) is 14.8 Å². The van der Waals surface area contributed by atoms with Gasteiger partial charge in [-0.25, -0.2) is 4.98 Å². The van der Waals surface area contributed by atoms with Crippen molar-refractivity contribution < 1.29 is 9.59 Å². The van der Waals surface area contributed by atoms with Gasteiger partial charge in [0.05, 0.1) is 10.6 Å². The quantitative estimate of drug-likeness (QED) is 0.796. The van der Waals surface area contributed by atoms with Gasteiger partial charge < -0.3 is 14.7 Å². The SMILES string of the molecule is O=C(c1cnc(N2CCCN(C(=O)C3CC3)CC2)c(Cl)c1)N1CCCCC1. The highest BCUT2D eigenvalue weighted by atomic mass is 35.5. The molecule has 7 heteroatoms. The Hall–Kier alpha value is -1.82. The number of piperidine rings is 1. The minimum Gasteiger partial charge on any atom is -0.354 e. The van der Waals surface area contributed by atoms with Crippen LogP contribution in [0.2, 0.25) is 5.02 Å². The van der Waals surface area contributed by atoms with E-state index in [-0.39, 0.29) is 11.8 Å². The van der Waals surface area contributed by atoms with E-state index >= 15 is 0 Å².